The van der Waals surface area contributed by atoms with E-state index in [0.29, 0.717) is 16.6 Å². The Morgan fingerprint density at radius 1 is 1.14 bits per heavy atom. The van der Waals surface area contributed by atoms with Crippen LogP contribution in [-0.4, -0.2) is 4.57 Å². The molecule has 0 unspecified atom stereocenters. The van der Waals surface area contributed by atoms with Crippen LogP contribution in [0.2, 0.25) is 0 Å². The number of halogens is 1. The first-order valence-corrected chi connectivity index (χ1v) is 7.06. The highest BCUT2D eigenvalue weighted by molar-refractivity contribution is 5.92. The zero-order chi connectivity index (χ0) is 15.9. The van der Waals surface area contributed by atoms with E-state index < -0.39 is 0 Å². The summed E-state index contributed by atoms with van der Waals surface area (Å²) in [5.74, 6) is -0.310. The second kappa shape index (κ2) is 5.26. The average Bonchev–Trinajstić information content (AvgIpc) is 2.48. The van der Waals surface area contributed by atoms with Crippen LogP contribution in [0.3, 0.4) is 0 Å². The molecule has 2 nitrogen and oxygen atoms in total. The van der Waals surface area contributed by atoms with E-state index in [4.69, 9.17) is 0 Å². The molecule has 3 aromatic rings. The SMILES string of the molecule is C=C(C)c1cn(-c2ccc(F)cc2C)c(=O)c2ccccc12. The van der Waals surface area contributed by atoms with Crippen LogP contribution < -0.4 is 5.56 Å². The van der Waals surface area contributed by atoms with Gasteiger partial charge in [0.1, 0.15) is 5.82 Å². The van der Waals surface area contributed by atoms with E-state index in [-0.39, 0.29) is 11.4 Å². The van der Waals surface area contributed by atoms with Crippen molar-refractivity contribution < 1.29 is 4.39 Å². The largest absolute Gasteiger partial charge is 0.283 e. The van der Waals surface area contributed by atoms with Gasteiger partial charge in [0.2, 0.25) is 0 Å². The van der Waals surface area contributed by atoms with Gasteiger partial charge in [0.25, 0.3) is 5.56 Å². The van der Waals surface area contributed by atoms with E-state index in [2.05, 4.69) is 6.58 Å². The molecule has 0 bridgehead atoms. The van der Waals surface area contributed by atoms with Gasteiger partial charge in [-0.1, -0.05) is 24.8 Å². The fourth-order valence-corrected chi connectivity index (χ4v) is 2.70. The van der Waals surface area contributed by atoms with Crippen LogP contribution in [0, 0.1) is 12.7 Å². The van der Waals surface area contributed by atoms with Crippen LogP contribution >= 0.6 is 0 Å². The van der Waals surface area contributed by atoms with Crippen molar-refractivity contribution in [2.24, 2.45) is 0 Å². The van der Waals surface area contributed by atoms with E-state index in [0.717, 1.165) is 16.5 Å². The molecule has 0 saturated heterocycles. The molecule has 0 N–H and O–H groups in total. The van der Waals surface area contributed by atoms with Crippen LogP contribution in [0.25, 0.3) is 22.0 Å². The minimum Gasteiger partial charge on any atom is -0.283 e. The van der Waals surface area contributed by atoms with Gasteiger partial charge in [-0.15, -0.1) is 0 Å². The molecule has 1 heterocycles. The number of hydrogen-bond donors (Lipinski definition) is 0. The summed E-state index contributed by atoms with van der Waals surface area (Å²) in [6, 6.07) is 11.9. The molecule has 0 fully saturated rings. The molecule has 0 radical (unpaired) electrons. The number of fused-ring (bicyclic) bond motifs is 1. The first-order valence-electron chi connectivity index (χ1n) is 7.06. The van der Waals surface area contributed by atoms with Gasteiger partial charge < -0.3 is 0 Å². The van der Waals surface area contributed by atoms with Crippen LogP contribution in [0.5, 0.6) is 0 Å². The van der Waals surface area contributed by atoms with E-state index in [1.54, 1.807) is 29.8 Å². The molecular formula is C19H16FNO. The Morgan fingerprint density at radius 3 is 2.45 bits per heavy atom. The standard InChI is InChI=1S/C19H16FNO/c1-12(2)17-11-21(18-9-8-14(20)10-13(18)3)19(22)16-7-5-4-6-15(16)17/h4-11H,1H2,2-3H3. The van der Waals surface area contributed by atoms with Crippen molar-refractivity contribution in [3.8, 4) is 5.69 Å². The summed E-state index contributed by atoms with van der Waals surface area (Å²) < 4.78 is 14.9. The molecule has 0 aliphatic carbocycles. The summed E-state index contributed by atoms with van der Waals surface area (Å²) in [6.07, 6.45) is 1.78. The van der Waals surface area contributed by atoms with Gasteiger partial charge in [0, 0.05) is 17.1 Å². The maximum absolute atomic E-state index is 13.3. The third-order valence-corrected chi connectivity index (χ3v) is 3.80. The zero-order valence-corrected chi connectivity index (χ0v) is 12.6. The van der Waals surface area contributed by atoms with Crippen molar-refractivity contribution in [3.05, 3.63) is 82.5 Å². The Morgan fingerprint density at radius 2 is 1.82 bits per heavy atom. The number of aryl methyl sites for hydroxylation is 1. The summed E-state index contributed by atoms with van der Waals surface area (Å²) in [4.78, 5) is 12.8. The van der Waals surface area contributed by atoms with Gasteiger partial charge in [-0.25, -0.2) is 4.39 Å². The Bertz CT molecular complexity index is 953. The van der Waals surface area contributed by atoms with Gasteiger partial charge in [-0.2, -0.15) is 0 Å². The van der Waals surface area contributed by atoms with Crippen molar-refractivity contribution in [1.82, 2.24) is 4.57 Å². The topological polar surface area (TPSA) is 22.0 Å². The third-order valence-electron chi connectivity index (χ3n) is 3.80. The summed E-state index contributed by atoms with van der Waals surface area (Å²) in [6.45, 7) is 7.70. The molecule has 0 amide bonds. The molecule has 0 saturated carbocycles. The molecule has 0 aliphatic heterocycles. The number of aromatic nitrogens is 1. The Kier molecular flexibility index (Phi) is 3.41. The average molecular weight is 293 g/mol. The molecule has 0 spiro atoms. The number of pyridine rings is 1. The van der Waals surface area contributed by atoms with E-state index in [1.807, 2.05) is 25.1 Å². The monoisotopic (exact) mass is 293 g/mol. The van der Waals surface area contributed by atoms with E-state index >= 15 is 0 Å². The summed E-state index contributed by atoms with van der Waals surface area (Å²) >= 11 is 0. The number of hydrogen-bond acceptors (Lipinski definition) is 1. The summed E-state index contributed by atoms with van der Waals surface area (Å²) in [7, 11) is 0. The predicted molar refractivity (Wildman–Crippen MR) is 88.9 cm³/mol. The van der Waals surface area contributed by atoms with E-state index in [1.165, 1.54) is 12.1 Å². The molecule has 110 valence electrons. The molecule has 0 atom stereocenters. The molecule has 2 aromatic carbocycles. The molecule has 22 heavy (non-hydrogen) atoms. The predicted octanol–water partition coefficient (Wildman–Crippen LogP) is 4.47. The van der Waals surface area contributed by atoms with Crippen LogP contribution in [0.4, 0.5) is 4.39 Å². The quantitative estimate of drug-likeness (QED) is 0.683. The van der Waals surface area contributed by atoms with Crippen molar-refractivity contribution in [2.75, 3.05) is 0 Å². The first-order chi connectivity index (χ1) is 10.5. The Labute approximate surface area is 128 Å². The highest BCUT2D eigenvalue weighted by Crippen LogP contribution is 2.23. The van der Waals surface area contributed by atoms with Gasteiger partial charge in [-0.05, 0) is 54.6 Å². The van der Waals surface area contributed by atoms with Crippen molar-refractivity contribution in [3.63, 3.8) is 0 Å². The Hall–Kier alpha value is -2.68. The maximum atomic E-state index is 13.3. The van der Waals surface area contributed by atoms with Gasteiger partial charge in [0.05, 0.1) is 5.69 Å². The summed E-state index contributed by atoms with van der Waals surface area (Å²) in [5, 5.41) is 1.52. The lowest BCUT2D eigenvalue weighted by atomic mass is 10.0. The third kappa shape index (κ3) is 2.25. The molecule has 3 rings (SSSR count). The Balaban J connectivity index is 2.42. The van der Waals surface area contributed by atoms with Crippen LogP contribution in [0.15, 0.2) is 60.0 Å². The van der Waals surface area contributed by atoms with Crippen molar-refractivity contribution >= 4 is 16.3 Å². The fourth-order valence-electron chi connectivity index (χ4n) is 2.70. The lowest BCUT2D eigenvalue weighted by molar-refractivity contribution is 0.626. The minimum atomic E-state index is -0.310. The normalized spacial score (nSPS) is 10.9. The van der Waals surface area contributed by atoms with Crippen LogP contribution in [0.1, 0.15) is 18.1 Å². The molecular weight excluding hydrogens is 277 g/mol. The summed E-state index contributed by atoms with van der Waals surface area (Å²) in [5.41, 5.74) is 3.07. The number of benzene rings is 2. The van der Waals surface area contributed by atoms with Crippen LogP contribution in [-0.2, 0) is 0 Å². The smallest absolute Gasteiger partial charge is 0.262 e. The second-order valence-corrected chi connectivity index (χ2v) is 5.47. The zero-order valence-electron chi connectivity index (χ0n) is 12.6. The first kappa shape index (κ1) is 14.3. The number of nitrogens with zero attached hydrogens (tertiary/aromatic N) is 1. The van der Waals surface area contributed by atoms with Gasteiger partial charge in [0.15, 0.2) is 0 Å². The van der Waals surface area contributed by atoms with Gasteiger partial charge >= 0.3 is 0 Å². The molecule has 3 heteroatoms. The lowest BCUT2D eigenvalue weighted by Gasteiger charge is -2.14. The maximum Gasteiger partial charge on any atom is 0.262 e. The number of rotatable bonds is 2. The van der Waals surface area contributed by atoms with E-state index in [9.17, 15) is 9.18 Å². The van der Waals surface area contributed by atoms with Crippen molar-refractivity contribution in [2.45, 2.75) is 13.8 Å². The molecule has 0 aliphatic rings. The van der Waals surface area contributed by atoms with Crippen molar-refractivity contribution in [1.29, 1.82) is 0 Å². The van der Waals surface area contributed by atoms with Gasteiger partial charge in [-0.3, -0.25) is 9.36 Å². The number of allylic oxidation sites excluding steroid dienone is 1. The second-order valence-electron chi connectivity index (χ2n) is 5.47. The fraction of sp³-hybridized carbons (Fsp3) is 0.105. The molecule has 1 aromatic heterocycles. The lowest BCUT2D eigenvalue weighted by Crippen LogP contribution is -2.19. The minimum absolute atomic E-state index is 0.115. The highest BCUT2D eigenvalue weighted by Gasteiger charge is 2.11. The highest BCUT2D eigenvalue weighted by atomic mass is 19.1.